The molecule has 24 heavy (non-hydrogen) atoms. The lowest BCUT2D eigenvalue weighted by Gasteiger charge is -2.43. The van der Waals surface area contributed by atoms with Crippen LogP contribution in [0.3, 0.4) is 0 Å². The van der Waals surface area contributed by atoms with E-state index in [4.69, 9.17) is 9.47 Å². The Morgan fingerprint density at radius 3 is 2.50 bits per heavy atom. The van der Waals surface area contributed by atoms with Crippen molar-refractivity contribution in [3.05, 3.63) is 35.9 Å². The molecule has 2 bridgehead atoms. The molecule has 2 saturated heterocycles. The topological polar surface area (TPSA) is 76.1 Å². The van der Waals surface area contributed by atoms with Gasteiger partial charge in [-0.1, -0.05) is 49.6 Å². The van der Waals surface area contributed by atoms with Gasteiger partial charge in [0.1, 0.15) is 0 Å². The first-order valence-electron chi connectivity index (χ1n) is 8.55. The van der Waals surface area contributed by atoms with E-state index in [1.807, 2.05) is 35.2 Å². The number of carboxylic acids is 1. The SMILES string of the molecule is O=C(O)C1OC2(c3ccccc3)CN(C3CCCCC3)C(=O)C1O2. The number of hydrogen-bond acceptors (Lipinski definition) is 4. The first-order valence-corrected chi connectivity index (χ1v) is 8.55. The van der Waals surface area contributed by atoms with E-state index < -0.39 is 24.0 Å². The summed E-state index contributed by atoms with van der Waals surface area (Å²) in [4.78, 5) is 26.2. The van der Waals surface area contributed by atoms with Crippen molar-refractivity contribution in [2.45, 2.75) is 56.1 Å². The zero-order valence-corrected chi connectivity index (χ0v) is 13.4. The molecule has 0 radical (unpaired) electrons. The summed E-state index contributed by atoms with van der Waals surface area (Å²) in [5, 5.41) is 9.46. The second-order valence-electron chi connectivity index (χ2n) is 6.79. The van der Waals surface area contributed by atoms with E-state index in [0.29, 0.717) is 0 Å². The molecule has 3 atom stereocenters. The lowest BCUT2D eigenvalue weighted by molar-refractivity contribution is -0.223. The van der Waals surface area contributed by atoms with Crippen LogP contribution in [0.4, 0.5) is 0 Å². The van der Waals surface area contributed by atoms with Gasteiger partial charge in [-0.2, -0.15) is 0 Å². The average Bonchev–Trinajstić information content (AvgIpc) is 2.97. The summed E-state index contributed by atoms with van der Waals surface area (Å²) in [5.74, 6) is -2.59. The smallest absolute Gasteiger partial charge is 0.336 e. The van der Waals surface area contributed by atoms with Crippen LogP contribution in [-0.2, 0) is 24.8 Å². The van der Waals surface area contributed by atoms with Crippen LogP contribution in [0.2, 0.25) is 0 Å². The Morgan fingerprint density at radius 2 is 1.83 bits per heavy atom. The number of fused-ring (bicyclic) bond motifs is 2. The van der Waals surface area contributed by atoms with Gasteiger partial charge in [0.15, 0.2) is 12.2 Å². The van der Waals surface area contributed by atoms with E-state index >= 15 is 0 Å². The Kier molecular flexibility index (Phi) is 3.81. The van der Waals surface area contributed by atoms with Crippen LogP contribution < -0.4 is 0 Å². The third kappa shape index (κ3) is 2.41. The van der Waals surface area contributed by atoms with Gasteiger partial charge in [-0.15, -0.1) is 0 Å². The van der Waals surface area contributed by atoms with Gasteiger partial charge in [0.2, 0.25) is 5.79 Å². The number of rotatable bonds is 3. The molecule has 2 heterocycles. The van der Waals surface area contributed by atoms with Gasteiger partial charge < -0.3 is 19.5 Å². The van der Waals surface area contributed by atoms with Crippen LogP contribution in [0.15, 0.2) is 30.3 Å². The molecule has 1 saturated carbocycles. The Morgan fingerprint density at radius 1 is 1.12 bits per heavy atom. The Hall–Kier alpha value is -1.92. The molecule has 1 aromatic carbocycles. The number of carboxylic acid groups (broad SMARTS) is 1. The van der Waals surface area contributed by atoms with Gasteiger partial charge in [-0.05, 0) is 12.8 Å². The molecule has 2 aliphatic heterocycles. The zero-order valence-electron chi connectivity index (χ0n) is 13.4. The van der Waals surface area contributed by atoms with E-state index in [0.717, 1.165) is 31.2 Å². The molecule has 6 nitrogen and oxygen atoms in total. The van der Waals surface area contributed by atoms with Crippen molar-refractivity contribution in [2.75, 3.05) is 6.54 Å². The quantitative estimate of drug-likeness (QED) is 0.915. The largest absolute Gasteiger partial charge is 0.479 e. The standard InChI is InChI=1S/C18H21NO5/c20-16-14-15(17(21)22)24-18(23-14,12-7-3-1-4-8-12)11-19(16)13-9-5-2-6-10-13/h1,3-4,7-8,13-15H,2,5-6,9-11H2,(H,21,22). The number of benzene rings is 1. The number of carbonyl (C=O) groups is 2. The van der Waals surface area contributed by atoms with Gasteiger partial charge in [-0.25, -0.2) is 4.79 Å². The highest BCUT2D eigenvalue weighted by molar-refractivity contribution is 5.90. The summed E-state index contributed by atoms with van der Waals surface area (Å²) in [6.45, 7) is 0.251. The van der Waals surface area contributed by atoms with Crippen LogP contribution in [-0.4, -0.2) is 46.7 Å². The van der Waals surface area contributed by atoms with Crippen molar-refractivity contribution in [2.24, 2.45) is 0 Å². The Labute approximate surface area is 140 Å². The number of hydrogen-bond donors (Lipinski definition) is 1. The Balaban J connectivity index is 1.71. The van der Waals surface area contributed by atoms with Gasteiger partial charge in [0, 0.05) is 11.6 Å². The van der Waals surface area contributed by atoms with Crippen molar-refractivity contribution in [1.29, 1.82) is 0 Å². The molecule has 4 rings (SSSR count). The fraction of sp³-hybridized carbons (Fsp3) is 0.556. The van der Waals surface area contributed by atoms with Crippen molar-refractivity contribution in [1.82, 2.24) is 4.90 Å². The minimum absolute atomic E-state index is 0.150. The normalized spacial score (nSPS) is 33.7. The first-order chi connectivity index (χ1) is 11.6. The molecule has 3 aliphatic rings. The fourth-order valence-electron chi connectivity index (χ4n) is 4.08. The minimum Gasteiger partial charge on any atom is -0.479 e. The number of nitrogens with zero attached hydrogens (tertiary/aromatic N) is 1. The van der Waals surface area contributed by atoms with Crippen LogP contribution >= 0.6 is 0 Å². The maximum atomic E-state index is 12.8. The highest BCUT2D eigenvalue weighted by atomic mass is 16.8. The molecule has 0 aromatic heterocycles. The Bertz CT molecular complexity index is 642. The fourth-order valence-corrected chi connectivity index (χ4v) is 4.08. The van der Waals surface area contributed by atoms with Crippen molar-refractivity contribution >= 4 is 11.9 Å². The molecular weight excluding hydrogens is 310 g/mol. The number of amides is 1. The summed E-state index contributed by atoms with van der Waals surface area (Å²) < 4.78 is 11.7. The summed E-state index contributed by atoms with van der Waals surface area (Å²) in [6.07, 6.45) is 2.98. The van der Waals surface area contributed by atoms with Crippen molar-refractivity contribution in [3.63, 3.8) is 0 Å². The zero-order chi connectivity index (χ0) is 16.7. The van der Waals surface area contributed by atoms with Gasteiger partial charge >= 0.3 is 5.97 Å². The van der Waals surface area contributed by atoms with Gasteiger partial charge in [0.25, 0.3) is 5.91 Å². The summed E-state index contributed by atoms with van der Waals surface area (Å²) in [6, 6.07) is 9.47. The second kappa shape index (κ2) is 5.86. The van der Waals surface area contributed by atoms with Crippen LogP contribution in [0.25, 0.3) is 0 Å². The molecule has 3 fully saturated rings. The van der Waals surface area contributed by atoms with E-state index in [9.17, 15) is 14.7 Å². The second-order valence-corrected chi connectivity index (χ2v) is 6.79. The van der Waals surface area contributed by atoms with Crippen LogP contribution in [0.1, 0.15) is 37.7 Å². The molecule has 1 aromatic rings. The predicted octanol–water partition coefficient (Wildman–Crippen LogP) is 1.88. The summed E-state index contributed by atoms with van der Waals surface area (Å²) in [7, 11) is 0. The number of aliphatic carboxylic acids is 1. The first kappa shape index (κ1) is 15.6. The molecule has 1 amide bonds. The van der Waals surface area contributed by atoms with E-state index in [1.165, 1.54) is 6.42 Å². The third-order valence-electron chi connectivity index (χ3n) is 5.29. The molecule has 3 unspecified atom stereocenters. The number of ether oxygens (including phenoxy) is 2. The van der Waals surface area contributed by atoms with E-state index in [-0.39, 0.29) is 18.5 Å². The maximum absolute atomic E-state index is 12.8. The molecule has 6 heteroatoms. The molecule has 1 N–H and O–H groups in total. The van der Waals surface area contributed by atoms with E-state index in [2.05, 4.69) is 0 Å². The maximum Gasteiger partial charge on any atom is 0.336 e. The third-order valence-corrected chi connectivity index (χ3v) is 5.29. The summed E-state index contributed by atoms with van der Waals surface area (Å²) >= 11 is 0. The number of morpholine rings is 1. The molecular formula is C18H21NO5. The number of carbonyl (C=O) groups excluding carboxylic acids is 1. The summed E-state index contributed by atoms with van der Waals surface area (Å²) in [5.41, 5.74) is 0.757. The van der Waals surface area contributed by atoms with Gasteiger partial charge in [-0.3, -0.25) is 4.79 Å². The van der Waals surface area contributed by atoms with Crippen LogP contribution in [0.5, 0.6) is 0 Å². The predicted molar refractivity (Wildman–Crippen MR) is 84.1 cm³/mol. The van der Waals surface area contributed by atoms with Gasteiger partial charge in [0.05, 0.1) is 6.54 Å². The lowest BCUT2D eigenvalue weighted by atomic mass is 9.92. The minimum atomic E-state index is -1.26. The van der Waals surface area contributed by atoms with E-state index in [1.54, 1.807) is 0 Å². The van der Waals surface area contributed by atoms with Crippen molar-refractivity contribution < 1.29 is 24.2 Å². The molecule has 128 valence electrons. The molecule has 0 spiro atoms. The monoisotopic (exact) mass is 331 g/mol. The van der Waals surface area contributed by atoms with Crippen molar-refractivity contribution in [3.8, 4) is 0 Å². The average molecular weight is 331 g/mol. The van der Waals surface area contributed by atoms with Crippen LogP contribution in [0, 0.1) is 0 Å². The highest BCUT2D eigenvalue weighted by Gasteiger charge is 2.61. The highest BCUT2D eigenvalue weighted by Crippen LogP contribution is 2.44. The lowest BCUT2D eigenvalue weighted by Crippen LogP contribution is -2.57. The molecule has 1 aliphatic carbocycles.